The Morgan fingerprint density at radius 3 is 2.26 bits per heavy atom. The summed E-state index contributed by atoms with van der Waals surface area (Å²) in [5.41, 5.74) is 1.63. The molecule has 0 spiro atoms. The highest BCUT2D eigenvalue weighted by atomic mass is 19.4. The third-order valence-corrected chi connectivity index (χ3v) is 7.02. The van der Waals surface area contributed by atoms with E-state index in [1.807, 2.05) is 30.3 Å². The second-order valence-electron chi connectivity index (χ2n) is 10.5. The van der Waals surface area contributed by atoms with E-state index in [0.717, 1.165) is 5.69 Å². The average Bonchev–Trinajstić information content (AvgIpc) is 3.51. The monoisotopic (exact) mass is 551 g/mol. The molecule has 1 aliphatic heterocycles. The van der Waals surface area contributed by atoms with Crippen LogP contribution >= 0.6 is 0 Å². The Balaban J connectivity index is 1.76. The van der Waals surface area contributed by atoms with Crippen molar-refractivity contribution in [2.75, 3.05) is 6.54 Å². The van der Waals surface area contributed by atoms with Crippen molar-refractivity contribution in [3.05, 3.63) is 47.8 Å². The van der Waals surface area contributed by atoms with Crippen LogP contribution in [0.1, 0.15) is 56.6 Å². The van der Waals surface area contributed by atoms with Gasteiger partial charge in [0.2, 0.25) is 11.8 Å². The van der Waals surface area contributed by atoms with Gasteiger partial charge < -0.3 is 20.6 Å². The number of hydrogen-bond acceptors (Lipinski definition) is 5. The van der Waals surface area contributed by atoms with Gasteiger partial charge in [0.15, 0.2) is 6.10 Å². The lowest BCUT2D eigenvalue weighted by atomic mass is 9.97. The molecule has 1 aliphatic rings. The lowest BCUT2D eigenvalue weighted by Gasteiger charge is -2.33. The third kappa shape index (κ3) is 6.78. The highest BCUT2D eigenvalue weighted by molar-refractivity contribution is 5.99. The summed E-state index contributed by atoms with van der Waals surface area (Å²) in [5, 5.41) is 19.1. The normalized spacial score (nSPS) is 18.2. The highest BCUT2D eigenvalue weighted by Crippen LogP contribution is 2.27. The summed E-state index contributed by atoms with van der Waals surface area (Å²) in [4.78, 5) is 41.1. The minimum atomic E-state index is -4.91. The van der Waals surface area contributed by atoms with Crippen molar-refractivity contribution in [3.8, 4) is 5.69 Å². The van der Waals surface area contributed by atoms with E-state index in [1.165, 1.54) is 24.9 Å². The molecule has 2 heterocycles. The summed E-state index contributed by atoms with van der Waals surface area (Å²) in [6.07, 6.45) is -5.50. The molecule has 1 aromatic carbocycles. The average molecular weight is 552 g/mol. The molecule has 1 aromatic heterocycles. The first-order chi connectivity index (χ1) is 18.2. The molecule has 0 bridgehead atoms. The zero-order valence-electron chi connectivity index (χ0n) is 22.7. The number of para-hydroxylation sites is 1. The van der Waals surface area contributed by atoms with Gasteiger partial charge in [-0.15, -0.1) is 0 Å². The van der Waals surface area contributed by atoms with Crippen molar-refractivity contribution in [1.29, 1.82) is 0 Å². The zero-order valence-corrected chi connectivity index (χ0v) is 22.7. The van der Waals surface area contributed by atoms with Gasteiger partial charge in [-0.05, 0) is 43.7 Å². The van der Waals surface area contributed by atoms with Crippen molar-refractivity contribution < 1.29 is 32.7 Å². The van der Waals surface area contributed by atoms with Gasteiger partial charge in [-0.1, -0.05) is 45.9 Å². The number of nitrogens with zero attached hydrogens (tertiary/aromatic N) is 3. The van der Waals surface area contributed by atoms with Gasteiger partial charge in [0.25, 0.3) is 5.91 Å². The number of benzene rings is 1. The molecule has 12 heteroatoms. The highest BCUT2D eigenvalue weighted by Gasteiger charge is 2.47. The number of aromatic nitrogens is 2. The number of nitrogens with one attached hydrogen (secondary N) is 2. The van der Waals surface area contributed by atoms with Crippen LogP contribution in [0, 0.1) is 18.8 Å². The number of aliphatic hydroxyl groups excluding tert-OH is 1. The molecule has 0 radical (unpaired) electrons. The van der Waals surface area contributed by atoms with E-state index in [2.05, 4.69) is 15.7 Å². The molecule has 9 nitrogen and oxygen atoms in total. The number of rotatable bonds is 9. The minimum Gasteiger partial charge on any atom is -0.382 e. The molecule has 0 saturated carbocycles. The number of carbonyl (C=O) groups excluding carboxylic acids is 3. The van der Waals surface area contributed by atoms with Crippen LogP contribution in [0.25, 0.3) is 5.69 Å². The summed E-state index contributed by atoms with van der Waals surface area (Å²) >= 11 is 0. The first kappa shape index (κ1) is 30.1. The summed E-state index contributed by atoms with van der Waals surface area (Å²) in [6, 6.07) is 5.68. The number of hydrogen-bond donors (Lipinski definition) is 3. The largest absolute Gasteiger partial charge is 0.416 e. The topological polar surface area (TPSA) is 117 Å². The van der Waals surface area contributed by atoms with Gasteiger partial charge in [-0.2, -0.15) is 18.3 Å². The van der Waals surface area contributed by atoms with E-state index < -0.39 is 54.0 Å². The molecule has 39 heavy (non-hydrogen) atoms. The van der Waals surface area contributed by atoms with Gasteiger partial charge in [0.1, 0.15) is 12.1 Å². The van der Waals surface area contributed by atoms with Crippen molar-refractivity contribution in [1.82, 2.24) is 25.3 Å². The standard InChI is InChI=1S/C27H36F3N5O4/c1-15(2)21(23(36)27(28,29)30)32-25(38)20-12-9-13-34(20)26(39)22(16(3)4)33-24(37)19-14-31-35(17(19)5)18-10-7-6-8-11-18/h6-8,10-11,14-16,20-23,36H,9,12-13H2,1-5H3,(H,32,38)(H,33,37)/t20-,21-,22-,23-/m0/s1. The van der Waals surface area contributed by atoms with Crippen molar-refractivity contribution in [3.63, 3.8) is 0 Å². The van der Waals surface area contributed by atoms with Crippen LogP contribution in [0.15, 0.2) is 36.5 Å². The van der Waals surface area contributed by atoms with Gasteiger partial charge in [-0.25, -0.2) is 4.68 Å². The van der Waals surface area contributed by atoms with E-state index in [1.54, 1.807) is 25.5 Å². The molecule has 3 N–H and O–H groups in total. The maximum Gasteiger partial charge on any atom is 0.416 e. The predicted octanol–water partition coefficient (Wildman–Crippen LogP) is 2.99. The molecule has 3 rings (SSSR count). The Labute approximate surface area is 225 Å². The Bertz CT molecular complexity index is 1170. The molecule has 2 aromatic rings. The van der Waals surface area contributed by atoms with E-state index in [-0.39, 0.29) is 24.4 Å². The van der Waals surface area contributed by atoms with E-state index >= 15 is 0 Å². The number of halogens is 3. The Morgan fingerprint density at radius 2 is 1.69 bits per heavy atom. The Morgan fingerprint density at radius 1 is 1.05 bits per heavy atom. The smallest absolute Gasteiger partial charge is 0.382 e. The lowest BCUT2D eigenvalue weighted by molar-refractivity contribution is -0.215. The molecule has 4 atom stereocenters. The minimum absolute atomic E-state index is 0.217. The fourth-order valence-electron chi connectivity index (χ4n) is 4.75. The van der Waals surface area contributed by atoms with Crippen LogP contribution in [0.4, 0.5) is 13.2 Å². The maximum absolute atomic E-state index is 13.6. The van der Waals surface area contributed by atoms with Crippen LogP contribution in [0.5, 0.6) is 0 Å². The molecule has 1 saturated heterocycles. The van der Waals surface area contributed by atoms with Crippen LogP contribution in [-0.2, 0) is 9.59 Å². The van der Waals surface area contributed by atoms with Crippen LogP contribution in [0.2, 0.25) is 0 Å². The quantitative estimate of drug-likeness (QED) is 0.443. The van der Waals surface area contributed by atoms with Crippen LogP contribution in [-0.4, -0.2) is 74.5 Å². The number of likely N-dealkylation sites (tertiary alicyclic amines) is 1. The predicted molar refractivity (Wildman–Crippen MR) is 138 cm³/mol. The summed E-state index contributed by atoms with van der Waals surface area (Å²) in [5.74, 6) is -2.82. The van der Waals surface area contributed by atoms with Crippen molar-refractivity contribution in [2.45, 2.75) is 77.9 Å². The van der Waals surface area contributed by atoms with Gasteiger partial charge in [0, 0.05) is 6.54 Å². The van der Waals surface area contributed by atoms with E-state index in [0.29, 0.717) is 12.1 Å². The second-order valence-corrected chi connectivity index (χ2v) is 10.5. The van der Waals surface area contributed by atoms with Crippen molar-refractivity contribution >= 4 is 17.7 Å². The molecule has 214 valence electrons. The molecule has 1 fully saturated rings. The zero-order chi connectivity index (χ0) is 29.1. The summed E-state index contributed by atoms with van der Waals surface area (Å²) in [7, 11) is 0. The number of aliphatic hydroxyl groups is 1. The number of carbonyl (C=O) groups is 3. The second kappa shape index (κ2) is 12.2. The van der Waals surface area contributed by atoms with Crippen LogP contribution in [0.3, 0.4) is 0 Å². The number of amides is 3. The summed E-state index contributed by atoms with van der Waals surface area (Å²) < 4.78 is 41.1. The third-order valence-electron chi connectivity index (χ3n) is 7.02. The fraction of sp³-hybridized carbons (Fsp3) is 0.556. The summed E-state index contributed by atoms with van der Waals surface area (Å²) in [6.45, 7) is 8.39. The fourth-order valence-corrected chi connectivity index (χ4v) is 4.75. The maximum atomic E-state index is 13.6. The van der Waals surface area contributed by atoms with Gasteiger partial charge in [0.05, 0.1) is 29.2 Å². The molecule has 0 unspecified atom stereocenters. The molecular weight excluding hydrogens is 515 g/mol. The van der Waals surface area contributed by atoms with Gasteiger partial charge in [-0.3, -0.25) is 14.4 Å². The molecule has 0 aliphatic carbocycles. The van der Waals surface area contributed by atoms with Crippen molar-refractivity contribution in [2.24, 2.45) is 11.8 Å². The SMILES string of the molecule is Cc1c(C(=O)N[C@H](C(=O)N2CCC[C@H]2C(=O)N[C@@H](C(C)C)[C@H](O)C(F)(F)F)C(C)C)cnn1-c1ccccc1. The first-order valence-electron chi connectivity index (χ1n) is 13.0. The number of alkyl halides is 3. The molecular formula is C27H36F3N5O4. The first-order valence-corrected chi connectivity index (χ1v) is 13.0. The molecule has 3 amide bonds. The van der Waals surface area contributed by atoms with E-state index in [4.69, 9.17) is 0 Å². The van der Waals surface area contributed by atoms with E-state index in [9.17, 15) is 32.7 Å². The Kier molecular flexibility index (Phi) is 9.42. The Hall–Kier alpha value is -3.41. The lowest BCUT2D eigenvalue weighted by Crippen LogP contribution is -2.59. The van der Waals surface area contributed by atoms with Crippen LogP contribution < -0.4 is 10.6 Å². The van der Waals surface area contributed by atoms with Gasteiger partial charge >= 0.3 is 6.18 Å².